The lowest BCUT2D eigenvalue weighted by Gasteiger charge is -2.24. The number of aryl methyl sites for hydroxylation is 1. The van der Waals surface area contributed by atoms with Crippen molar-refractivity contribution in [2.24, 2.45) is 5.73 Å². The monoisotopic (exact) mass is 311 g/mol. The fourth-order valence-electron chi connectivity index (χ4n) is 2.25. The van der Waals surface area contributed by atoms with Crippen LogP contribution in [-0.2, 0) is 4.79 Å². The second-order valence-corrected chi connectivity index (χ2v) is 6.13. The van der Waals surface area contributed by atoms with E-state index >= 15 is 0 Å². The van der Waals surface area contributed by atoms with Gasteiger partial charge in [-0.1, -0.05) is 35.9 Å². The maximum Gasteiger partial charge on any atom is 0.245 e. The van der Waals surface area contributed by atoms with Gasteiger partial charge in [0.25, 0.3) is 0 Å². The Morgan fingerprint density at radius 3 is 2.39 bits per heavy atom. The number of nitrogens with zero attached hydrogens (tertiary/aromatic N) is 1. The van der Waals surface area contributed by atoms with E-state index in [-0.39, 0.29) is 5.91 Å². The molecule has 0 aliphatic heterocycles. The number of nitrogens with two attached hydrogens (primary N) is 1. The first-order valence-electron chi connectivity index (χ1n) is 7.84. The highest BCUT2D eigenvalue weighted by Crippen LogP contribution is 2.21. The summed E-state index contributed by atoms with van der Waals surface area (Å²) in [6.45, 7) is 6.25. The quantitative estimate of drug-likeness (QED) is 0.889. The number of carbonyl (C=O) groups excluding carboxylic acids is 1. The molecule has 2 aromatic rings. The van der Waals surface area contributed by atoms with E-state index in [1.54, 1.807) is 0 Å². The Morgan fingerprint density at radius 2 is 1.78 bits per heavy atom. The van der Waals surface area contributed by atoms with E-state index in [9.17, 15) is 4.79 Å². The highest BCUT2D eigenvalue weighted by molar-refractivity contribution is 5.95. The van der Waals surface area contributed by atoms with Crippen LogP contribution in [0.25, 0.3) is 0 Å². The molecule has 2 aromatic carbocycles. The van der Waals surface area contributed by atoms with Crippen LogP contribution in [0.3, 0.4) is 0 Å². The molecule has 0 spiro atoms. The molecule has 0 saturated heterocycles. The summed E-state index contributed by atoms with van der Waals surface area (Å²) >= 11 is 0. The van der Waals surface area contributed by atoms with Gasteiger partial charge in [-0.15, -0.1) is 0 Å². The van der Waals surface area contributed by atoms with Crippen molar-refractivity contribution in [2.45, 2.75) is 32.9 Å². The molecular formula is C19H25N3O. The predicted octanol–water partition coefficient (Wildman–Crippen LogP) is 3.48. The van der Waals surface area contributed by atoms with Crippen LogP contribution in [0.2, 0.25) is 0 Å². The summed E-state index contributed by atoms with van der Waals surface area (Å²) in [4.78, 5) is 14.5. The van der Waals surface area contributed by atoms with Gasteiger partial charge in [0.1, 0.15) is 6.04 Å². The third-order valence-electron chi connectivity index (χ3n) is 4.01. The summed E-state index contributed by atoms with van der Waals surface area (Å²) in [5, 5.41) is 2.90. The molecule has 0 aromatic heterocycles. The third-order valence-corrected chi connectivity index (χ3v) is 4.01. The standard InChI is InChI=1S/C19H25N3O/c1-13(2)22(4)17-7-5-6-16(12-17)21-19(23)18(20)15-10-8-14(3)9-11-15/h5-13,18H,20H2,1-4H3,(H,21,23). The van der Waals surface area contributed by atoms with Crippen molar-refractivity contribution in [3.63, 3.8) is 0 Å². The van der Waals surface area contributed by atoms with Crippen molar-refractivity contribution in [3.8, 4) is 0 Å². The van der Waals surface area contributed by atoms with Crippen LogP contribution in [0.15, 0.2) is 48.5 Å². The van der Waals surface area contributed by atoms with E-state index in [1.165, 1.54) is 0 Å². The molecule has 0 heterocycles. The van der Waals surface area contributed by atoms with Crippen LogP contribution in [-0.4, -0.2) is 19.0 Å². The zero-order valence-corrected chi connectivity index (χ0v) is 14.2. The molecule has 4 nitrogen and oxygen atoms in total. The van der Waals surface area contributed by atoms with E-state index < -0.39 is 6.04 Å². The number of nitrogens with one attached hydrogen (secondary N) is 1. The second-order valence-electron chi connectivity index (χ2n) is 6.13. The molecule has 1 atom stereocenters. The average Bonchev–Trinajstić information content (AvgIpc) is 2.54. The first kappa shape index (κ1) is 17.0. The fourth-order valence-corrected chi connectivity index (χ4v) is 2.25. The summed E-state index contributed by atoms with van der Waals surface area (Å²) in [6.07, 6.45) is 0. The summed E-state index contributed by atoms with van der Waals surface area (Å²) in [6, 6.07) is 15.2. The first-order valence-corrected chi connectivity index (χ1v) is 7.84. The number of benzene rings is 2. The molecule has 4 heteroatoms. The smallest absolute Gasteiger partial charge is 0.245 e. The van der Waals surface area contributed by atoms with Crippen LogP contribution in [0, 0.1) is 6.92 Å². The van der Waals surface area contributed by atoms with E-state index in [1.807, 2.05) is 62.5 Å². The Morgan fingerprint density at radius 1 is 1.13 bits per heavy atom. The number of carbonyl (C=O) groups is 1. The molecule has 1 amide bonds. The average molecular weight is 311 g/mol. The lowest BCUT2D eigenvalue weighted by Crippen LogP contribution is -2.28. The van der Waals surface area contributed by atoms with Gasteiger partial charge in [0, 0.05) is 24.5 Å². The molecule has 2 rings (SSSR count). The van der Waals surface area contributed by atoms with E-state index in [4.69, 9.17) is 5.73 Å². The Bertz CT molecular complexity index is 665. The number of amides is 1. The van der Waals surface area contributed by atoms with Gasteiger partial charge < -0.3 is 16.0 Å². The van der Waals surface area contributed by atoms with Crippen LogP contribution >= 0.6 is 0 Å². The van der Waals surface area contributed by atoms with E-state index in [2.05, 4.69) is 24.1 Å². The molecule has 0 saturated carbocycles. The van der Waals surface area contributed by atoms with E-state index in [0.717, 1.165) is 22.5 Å². The zero-order chi connectivity index (χ0) is 17.0. The second kappa shape index (κ2) is 7.29. The number of hydrogen-bond donors (Lipinski definition) is 2. The molecule has 23 heavy (non-hydrogen) atoms. The molecule has 0 bridgehead atoms. The van der Waals surface area contributed by atoms with Gasteiger partial charge in [-0.3, -0.25) is 4.79 Å². The highest BCUT2D eigenvalue weighted by atomic mass is 16.2. The van der Waals surface area contributed by atoms with Gasteiger partial charge in [-0.05, 0) is 44.5 Å². The van der Waals surface area contributed by atoms with Crippen molar-refractivity contribution in [2.75, 3.05) is 17.3 Å². The predicted molar refractivity (Wildman–Crippen MR) is 96.7 cm³/mol. The summed E-state index contributed by atoms with van der Waals surface area (Å²) < 4.78 is 0. The fraction of sp³-hybridized carbons (Fsp3) is 0.316. The number of rotatable bonds is 5. The molecule has 0 aliphatic rings. The van der Waals surface area contributed by atoms with E-state index in [0.29, 0.717) is 6.04 Å². The summed E-state index contributed by atoms with van der Waals surface area (Å²) in [7, 11) is 2.03. The van der Waals surface area contributed by atoms with Gasteiger partial charge in [-0.2, -0.15) is 0 Å². The first-order chi connectivity index (χ1) is 10.9. The normalized spacial score (nSPS) is 12.1. The lowest BCUT2D eigenvalue weighted by atomic mass is 10.1. The minimum absolute atomic E-state index is 0.210. The van der Waals surface area contributed by atoms with Gasteiger partial charge in [0.15, 0.2) is 0 Å². The Balaban J connectivity index is 2.10. The van der Waals surface area contributed by atoms with Crippen LogP contribution in [0.1, 0.15) is 31.0 Å². The highest BCUT2D eigenvalue weighted by Gasteiger charge is 2.16. The van der Waals surface area contributed by atoms with Crippen LogP contribution in [0.4, 0.5) is 11.4 Å². The molecule has 0 fully saturated rings. The molecular weight excluding hydrogens is 286 g/mol. The molecule has 3 N–H and O–H groups in total. The maximum absolute atomic E-state index is 12.4. The maximum atomic E-state index is 12.4. The van der Waals surface area contributed by atoms with Crippen molar-refractivity contribution in [1.29, 1.82) is 0 Å². The minimum Gasteiger partial charge on any atom is -0.372 e. The van der Waals surface area contributed by atoms with Gasteiger partial charge in [0.05, 0.1) is 0 Å². The molecule has 0 aliphatic carbocycles. The summed E-state index contributed by atoms with van der Waals surface area (Å²) in [5.41, 5.74) is 9.82. The zero-order valence-electron chi connectivity index (χ0n) is 14.2. The number of hydrogen-bond acceptors (Lipinski definition) is 3. The molecule has 122 valence electrons. The SMILES string of the molecule is Cc1ccc(C(N)C(=O)Nc2cccc(N(C)C(C)C)c2)cc1. The molecule has 0 radical (unpaired) electrons. The van der Waals surface area contributed by atoms with Crippen molar-refractivity contribution >= 4 is 17.3 Å². The topological polar surface area (TPSA) is 58.4 Å². The van der Waals surface area contributed by atoms with Gasteiger partial charge in [-0.25, -0.2) is 0 Å². The van der Waals surface area contributed by atoms with Crippen LogP contribution < -0.4 is 16.0 Å². The van der Waals surface area contributed by atoms with Crippen molar-refractivity contribution < 1.29 is 4.79 Å². The van der Waals surface area contributed by atoms with Crippen molar-refractivity contribution in [3.05, 3.63) is 59.7 Å². The Labute approximate surface area is 138 Å². The van der Waals surface area contributed by atoms with Gasteiger partial charge >= 0.3 is 0 Å². The molecule has 1 unspecified atom stereocenters. The third kappa shape index (κ3) is 4.33. The number of anilines is 2. The van der Waals surface area contributed by atoms with Gasteiger partial charge in [0.2, 0.25) is 5.91 Å². The van der Waals surface area contributed by atoms with Crippen molar-refractivity contribution in [1.82, 2.24) is 0 Å². The Kier molecular flexibility index (Phi) is 5.40. The van der Waals surface area contributed by atoms with Crippen LogP contribution in [0.5, 0.6) is 0 Å². The minimum atomic E-state index is -0.679. The largest absolute Gasteiger partial charge is 0.372 e. The Hall–Kier alpha value is -2.33. The lowest BCUT2D eigenvalue weighted by molar-refractivity contribution is -0.117. The summed E-state index contributed by atoms with van der Waals surface area (Å²) in [5.74, 6) is -0.210.